The normalized spacial score (nSPS) is 18.3. The number of ether oxygens (including phenoxy) is 5. The van der Waals surface area contributed by atoms with Gasteiger partial charge in [0.25, 0.3) is 0 Å². The Morgan fingerprint density at radius 3 is 2.45 bits per heavy atom. The predicted octanol–water partition coefficient (Wildman–Crippen LogP) is 2.43. The van der Waals surface area contributed by atoms with Gasteiger partial charge < -0.3 is 33.9 Å². The first kappa shape index (κ1) is 24.7. The number of rotatable bonds is 10. The molecule has 3 atom stereocenters. The number of amides is 1. The zero-order chi connectivity index (χ0) is 22.8. The SMILES string of the molecule is CCOc1ccccc1OC[C@@H]1CN(C(=O)OC(C)OC(=O)[C@H](NC)C(C)C)CCO1. The maximum atomic E-state index is 12.5. The molecule has 1 amide bonds. The topological polar surface area (TPSA) is 95.6 Å². The first-order valence-electron chi connectivity index (χ1n) is 10.6. The minimum atomic E-state index is -0.995. The van der Waals surface area contributed by atoms with Gasteiger partial charge in [-0.15, -0.1) is 0 Å². The lowest BCUT2D eigenvalue weighted by atomic mass is 10.1. The van der Waals surface area contributed by atoms with Crippen molar-refractivity contribution in [1.29, 1.82) is 0 Å². The molecule has 0 spiro atoms. The van der Waals surface area contributed by atoms with E-state index in [9.17, 15) is 9.59 Å². The summed E-state index contributed by atoms with van der Waals surface area (Å²) in [5.41, 5.74) is 0. The lowest BCUT2D eigenvalue weighted by molar-refractivity contribution is -0.170. The van der Waals surface area contributed by atoms with Crippen LogP contribution in [-0.4, -0.2) is 75.4 Å². The molecule has 9 heteroatoms. The number of carbonyl (C=O) groups is 2. The van der Waals surface area contributed by atoms with Gasteiger partial charge in [0.05, 0.1) is 19.8 Å². The molecule has 1 aliphatic heterocycles. The van der Waals surface area contributed by atoms with Gasteiger partial charge >= 0.3 is 12.1 Å². The third-order valence-electron chi connectivity index (χ3n) is 4.75. The molecule has 0 radical (unpaired) electrons. The number of morpholine rings is 1. The number of likely N-dealkylation sites (N-methyl/N-ethyl adjacent to an activating group) is 1. The molecule has 1 aromatic rings. The second-order valence-electron chi connectivity index (χ2n) is 7.53. The molecule has 0 saturated carbocycles. The molecule has 9 nitrogen and oxygen atoms in total. The van der Waals surface area contributed by atoms with E-state index in [0.717, 1.165) is 0 Å². The first-order valence-corrected chi connectivity index (χ1v) is 10.6. The Balaban J connectivity index is 1.83. The third kappa shape index (κ3) is 7.59. The van der Waals surface area contributed by atoms with Gasteiger partial charge in [-0.1, -0.05) is 26.0 Å². The molecule has 174 valence electrons. The zero-order valence-corrected chi connectivity index (χ0v) is 19.0. The van der Waals surface area contributed by atoms with E-state index >= 15 is 0 Å². The molecule has 1 heterocycles. The second kappa shape index (κ2) is 12.4. The van der Waals surface area contributed by atoms with Gasteiger partial charge in [-0.05, 0) is 32.0 Å². The summed E-state index contributed by atoms with van der Waals surface area (Å²) in [5, 5.41) is 2.90. The lowest BCUT2D eigenvalue weighted by Crippen LogP contribution is -2.49. The highest BCUT2D eigenvalue weighted by atomic mass is 16.7. The van der Waals surface area contributed by atoms with E-state index in [1.165, 1.54) is 11.8 Å². The number of para-hydroxylation sites is 2. The largest absolute Gasteiger partial charge is 0.490 e. The average Bonchev–Trinajstić information content (AvgIpc) is 2.73. The monoisotopic (exact) mass is 438 g/mol. The first-order chi connectivity index (χ1) is 14.8. The molecule has 2 rings (SSSR count). The summed E-state index contributed by atoms with van der Waals surface area (Å²) in [6, 6.07) is 6.94. The van der Waals surface area contributed by atoms with Crippen LogP contribution < -0.4 is 14.8 Å². The highest BCUT2D eigenvalue weighted by Crippen LogP contribution is 2.26. The Hall–Kier alpha value is -2.52. The van der Waals surface area contributed by atoms with Crippen LogP contribution in [0.2, 0.25) is 0 Å². The summed E-state index contributed by atoms with van der Waals surface area (Å²) >= 11 is 0. The summed E-state index contributed by atoms with van der Waals surface area (Å²) in [7, 11) is 1.69. The van der Waals surface area contributed by atoms with Crippen LogP contribution in [0.3, 0.4) is 0 Å². The van der Waals surface area contributed by atoms with E-state index in [1.54, 1.807) is 7.05 Å². The van der Waals surface area contributed by atoms with Gasteiger partial charge in [0.2, 0.25) is 6.29 Å². The zero-order valence-electron chi connectivity index (χ0n) is 19.0. The maximum Gasteiger partial charge on any atom is 0.413 e. The molecule has 0 aliphatic carbocycles. The predicted molar refractivity (Wildman–Crippen MR) is 114 cm³/mol. The second-order valence-corrected chi connectivity index (χ2v) is 7.53. The standard InChI is InChI=1S/C22H34N2O7/c1-6-27-18-9-7-8-10-19(18)29-14-17-13-24(11-12-28-17)22(26)31-16(4)30-21(25)20(23-5)15(2)3/h7-10,15-17,20,23H,6,11-14H2,1-5H3/t16?,17-,20+/m0/s1. The van der Waals surface area contributed by atoms with Crippen molar-refractivity contribution in [2.45, 2.75) is 46.1 Å². The van der Waals surface area contributed by atoms with E-state index < -0.39 is 24.4 Å². The van der Waals surface area contributed by atoms with Gasteiger partial charge in [0, 0.05) is 13.5 Å². The van der Waals surface area contributed by atoms with Crippen molar-refractivity contribution in [2.75, 3.05) is 40.0 Å². The number of carbonyl (C=O) groups excluding carboxylic acids is 2. The van der Waals surface area contributed by atoms with Crippen LogP contribution in [0.1, 0.15) is 27.7 Å². The lowest BCUT2D eigenvalue weighted by Gasteiger charge is -2.33. The van der Waals surface area contributed by atoms with Crippen molar-refractivity contribution in [2.24, 2.45) is 5.92 Å². The average molecular weight is 439 g/mol. The summed E-state index contributed by atoms with van der Waals surface area (Å²) in [5.74, 6) is 0.874. The third-order valence-corrected chi connectivity index (χ3v) is 4.75. The Bertz CT molecular complexity index is 713. The van der Waals surface area contributed by atoms with Gasteiger partial charge in [0.15, 0.2) is 11.5 Å². The van der Waals surface area contributed by atoms with Gasteiger partial charge in [-0.25, -0.2) is 4.79 Å². The van der Waals surface area contributed by atoms with Gasteiger partial charge in [-0.3, -0.25) is 4.79 Å². The Labute approximate surface area is 183 Å². The molecule has 1 saturated heterocycles. The van der Waals surface area contributed by atoms with E-state index in [4.69, 9.17) is 23.7 Å². The Kier molecular flexibility index (Phi) is 9.87. The van der Waals surface area contributed by atoms with Crippen molar-refractivity contribution in [3.05, 3.63) is 24.3 Å². The Morgan fingerprint density at radius 1 is 1.16 bits per heavy atom. The van der Waals surface area contributed by atoms with Crippen LogP contribution in [0.4, 0.5) is 4.79 Å². The number of nitrogens with zero attached hydrogens (tertiary/aromatic N) is 1. The van der Waals surface area contributed by atoms with Crippen molar-refractivity contribution in [3.8, 4) is 11.5 Å². The minimum Gasteiger partial charge on any atom is -0.490 e. The van der Waals surface area contributed by atoms with E-state index in [1.807, 2.05) is 45.0 Å². The molecule has 1 aromatic carbocycles. The molecule has 31 heavy (non-hydrogen) atoms. The van der Waals surface area contributed by atoms with Crippen molar-refractivity contribution in [3.63, 3.8) is 0 Å². The van der Waals surface area contributed by atoms with Crippen LogP contribution in [0.25, 0.3) is 0 Å². The molecular weight excluding hydrogens is 404 g/mol. The van der Waals surface area contributed by atoms with E-state index in [0.29, 0.717) is 37.8 Å². The maximum absolute atomic E-state index is 12.5. The smallest absolute Gasteiger partial charge is 0.413 e. The number of benzene rings is 1. The highest BCUT2D eigenvalue weighted by molar-refractivity contribution is 5.76. The van der Waals surface area contributed by atoms with Crippen LogP contribution in [0.5, 0.6) is 11.5 Å². The molecule has 1 aliphatic rings. The number of hydrogen-bond acceptors (Lipinski definition) is 8. The fourth-order valence-corrected chi connectivity index (χ4v) is 3.21. The highest BCUT2D eigenvalue weighted by Gasteiger charge is 2.29. The molecule has 0 bridgehead atoms. The van der Waals surface area contributed by atoms with Crippen LogP contribution in [-0.2, 0) is 19.0 Å². The molecule has 1 N–H and O–H groups in total. The fraction of sp³-hybridized carbons (Fsp3) is 0.636. The summed E-state index contributed by atoms with van der Waals surface area (Å²) in [4.78, 5) is 26.2. The van der Waals surface area contributed by atoms with Crippen LogP contribution in [0, 0.1) is 5.92 Å². The van der Waals surface area contributed by atoms with Crippen molar-refractivity contribution >= 4 is 12.1 Å². The van der Waals surface area contributed by atoms with E-state index in [2.05, 4.69) is 5.32 Å². The minimum absolute atomic E-state index is 0.0493. The number of nitrogens with one attached hydrogen (secondary N) is 1. The number of esters is 1. The van der Waals surface area contributed by atoms with E-state index in [-0.39, 0.29) is 18.6 Å². The summed E-state index contributed by atoms with van der Waals surface area (Å²) in [6.45, 7) is 9.09. The quantitative estimate of drug-likeness (QED) is 0.440. The van der Waals surface area contributed by atoms with Crippen LogP contribution in [0.15, 0.2) is 24.3 Å². The van der Waals surface area contributed by atoms with Gasteiger partial charge in [0.1, 0.15) is 18.8 Å². The number of hydrogen-bond donors (Lipinski definition) is 1. The van der Waals surface area contributed by atoms with Crippen molar-refractivity contribution < 1.29 is 33.3 Å². The molecule has 1 fully saturated rings. The molecule has 0 aromatic heterocycles. The fourth-order valence-electron chi connectivity index (χ4n) is 3.21. The Morgan fingerprint density at radius 2 is 1.84 bits per heavy atom. The molecular formula is C22H34N2O7. The molecule has 1 unspecified atom stereocenters. The summed E-state index contributed by atoms with van der Waals surface area (Å²) in [6.07, 6.45) is -1.87. The van der Waals surface area contributed by atoms with Crippen molar-refractivity contribution in [1.82, 2.24) is 10.2 Å². The van der Waals surface area contributed by atoms with Crippen LogP contribution >= 0.6 is 0 Å². The summed E-state index contributed by atoms with van der Waals surface area (Å²) < 4.78 is 27.7. The van der Waals surface area contributed by atoms with Gasteiger partial charge in [-0.2, -0.15) is 0 Å².